The van der Waals surface area contributed by atoms with E-state index in [1.807, 2.05) is 6.07 Å². The van der Waals surface area contributed by atoms with Gasteiger partial charge in [0.2, 0.25) is 0 Å². The van der Waals surface area contributed by atoms with Crippen LogP contribution in [0.1, 0.15) is 11.6 Å². The van der Waals surface area contributed by atoms with Crippen LogP contribution < -0.4 is 10.5 Å². The summed E-state index contributed by atoms with van der Waals surface area (Å²) in [6.07, 6.45) is -0.647. The minimum atomic E-state index is -0.647. The van der Waals surface area contributed by atoms with Crippen LogP contribution in [0, 0.1) is 0 Å². The molecule has 3 nitrogen and oxygen atoms in total. The Morgan fingerprint density at radius 2 is 2.31 bits per heavy atom. The molecule has 0 aliphatic carbocycles. The Kier molecular flexibility index (Phi) is 2.15. The third-order valence-corrected chi connectivity index (χ3v) is 2.47. The molecule has 0 saturated carbocycles. The number of rotatable bonds is 0. The summed E-state index contributed by atoms with van der Waals surface area (Å²) < 4.78 is 5.27. The van der Waals surface area contributed by atoms with E-state index in [1.54, 1.807) is 12.1 Å². The fourth-order valence-corrected chi connectivity index (χ4v) is 1.66. The first-order valence-electron chi connectivity index (χ1n) is 4.05. The van der Waals surface area contributed by atoms with Crippen molar-refractivity contribution in [1.29, 1.82) is 0 Å². The number of nitrogens with two attached hydrogens (primary N) is 1. The molecule has 1 heterocycles. The summed E-state index contributed by atoms with van der Waals surface area (Å²) in [6.45, 7) is 0.206. The van der Waals surface area contributed by atoms with Gasteiger partial charge in [-0.1, -0.05) is 23.7 Å². The van der Waals surface area contributed by atoms with Crippen LogP contribution in [0.4, 0.5) is 0 Å². The normalized spacial score (nSPS) is 26.4. The maximum atomic E-state index is 9.42. The molecule has 1 aliphatic heterocycles. The van der Waals surface area contributed by atoms with Gasteiger partial charge in [-0.3, -0.25) is 0 Å². The van der Waals surface area contributed by atoms with E-state index in [4.69, 9.17) is 22.1 Å². The van der Waals surface area contributed by atoms with Crippen molar-refractivity contribution in [2.45, 2.75) is 12.1 Å². The highest BCUT2D eigenvalue weighted by Gasteiger charge is 2.27. The Hall–Kier alpha value is -0.770. The first kappa shape index (κ1) is 8.81. The van der Waals surface area contributed by atoms with Crippen molar-refractivity contribution in [1.82, 2.24) is 0 Å². The lowest BCUT2D eigenvalue weighted by atomic mass is 9.99. The molecule has 0 fully saturated rings. The second kappa shape index (κ2) is 3.18. The standard InChI is InChI=1S/C9H10ClNO2/c10-6-3-1-2-5-8(11)7(12)4-13-9(5)6/h1-3,7-8,12H,4,11H2. The van der Waals surface area contributed by atoms with Crippen molar-refractivity contribution in [3.8, 4) is 5.75 Å². The maximum absolute atomic E-state index is 9.42. The number of ether oxygens (including phenoxy) is 1. The van der Waals surface area contributed by atoms with E-state index < -0.39 is 12.1 Å². The summed E-state index contributed by atoms with van der Waals surface area (Å²) in [4.78, 5) is 0. The van der Waals surface area contributed by atoms with Crippen LogP contribution in [0.15, 0.2) is 18.2 Å². The summed E-state index contributed by atoms with van der Waals surface area (Å²) in [5.41, 5.74) is 6.54. The van der Waals surface area contributed by atoms with E-state index in [0.717, 1.165) is 5.56 Å². The molecule has 0 saturated heterocycles. The molecule has 0 spiro atoms. The molecule has 1 aliphatic rings. The minimum absolute atomic E-state index is 0.206. The van der Waals surface area contributed by atoms with E-state index in [-0.39, 0.29) is 6.61 Å². The first-order valence-corrected chi connectivity index (χ1v) is 4.43. The Morgan fingerprint density at radius 3 is 3.08 bits per heavy atom. The predicted molar refractivity (Wildman–Crippen MR) is 49.9 cm³/mol. The van der Waals surface area contributed by atoms with Crippen molar-refractivity contribution < 1.29 is 9.84 Å². The Bertz CT molecular complexity index is 329. The van der Waals surface area contributed by atoms with E-state index in [2.05, 4.69) is 0 Å². The fraction of sp³-hybridized carbons (Fsp3) is 0.333. The molecule has 2 rings (SSSR count). The van der Waals surface area contributed by atoms with Gasteiger partial charge in [-0.2, -0.15) is 0 Å². The van der Waals surface area contributed by atoms with Crippen LogP contribution in [0.3, 0.4) is 0 Å². The summed E-state index contributed by atoms with van der Waals surface area (Å²) in [7, 11) is 0. The third kappa shape index (κ3) is 1.39. The zero-order valence-electron chi connectivity index (χ0n) is 6.90. The average molecular weight is 200 g/mol. The predicted octanol–water partition coefficient (Wildman–Crippen LogP) is 1.09. The van der Waals surface area contributed by atoms with Gasteiger partial charge in [-0.05, 0) is 6.07 Å². The lowest BCUT2D eigenvalue weighted by Crippen LogP contribution is -2.35. The summed E-state index contributed by atoms with van der Waals surface area (Å²) in [5.74, 6) is 0.599. The lowest BCUT2D eigenvalue weighted by Gasteiger charge is -2.28. The van der Waals surface area contributed by atoms with Gasteiger partial charge in [-0.15, -0.1) is 0 Å². The van der Waals surface area contributed by atoms with Gasteiger partial charge >= 0.3 is 0 Å². The Labute approximate surface area is 81.1 Å². The summed E-state index contributed by atoms with van der Waals surface area (Å²) in [6, 6.07) is 4.95. The highest BCUT2D eigenvalue weighted by molar-refractivity contribution is 6.32. The van der Waals surface area contributed by atoms with Crippen molar-refractivity contribution in [2.75, 3.05) is 6.61 Å². The number of para-hydroxylation sites is 1. The van der Waals surface area contributed by atoms with E-state index in [1.165, 1.54) is 0 Å². The van der Waals surface area contributed by atoms with Crippen LogP contribution in [0.5, 0.6) is 5.75 Å². The smallest absolute Gasteiger partial charge is 0.142 e. The van der Waals surface area contributed by atoms with Crippen molar-refractivity contribution in [3.05, 3.63) is 28.8 Å². The Balaban J connectivity index is 2.49. The number of hydrogen-bond acceptors (Lipinski definition) is 3. The fourth-order valence-electron chi connectivity index (χ4n) is 1.42. The highest BCUT2D eigenvalue weighted by Crippen LogP contribution is 2.36. The molecular weight excluding hydrogens is 190 g/mol. The molecular formula is C9H10ClNO2. The molecule has 0 bridgehead atoms. The Morgan fingerprint density at radius 1 is 1.54 bits per heavy atom. The third-order valence-electron chi connectivity index (χ3n) is 2.17. The van der Waals surface area contributed by atoms with Gasteiger partial charge < -0.3 is 15.6 Å². The van der Waals surface area contributed by atoms with Gasteiger partial charge in [0, 0.05) is 5.56 Å². The second-order valence-electron chi connectivity index (χ2n) is 3.06. The van der Waals surface area contributed by atoms with Gasteiger partial charge in [-0.25, -0.2) is 0 Å². The topological polar surface area (TPSA) is 55.5 Å². The molecule has 0 amide bonds. The molecule has 3 N–H and O–H groups in total. The van der Waals surface area contributed by atoms with Crippen LogP contribution in [0.25, 0.3) is 0 Å². The molecule has 0 aromatic heterocycles. The van der Waals surface area contributed by atoms with Crippen LogP contribution >= 0.6 is 11.6 Å². The van der Waals surface area contributed by atoms with Crippen LogP contribution in [-0.2, 0) is 0 Å². The monoisotopic (exact) mass is 199 g/mol. The number of aliphatic hydroxyl groups excluding tert-OH is 1. The number of benzene rings is 1. The molecule has 1 aromatic rings. The molecule has 4 heteroatoms. The van der Waals surface area contributed by atoms with Gasteiger partial charge in [0.25, 0.3) is 0 Å². The molecule has 70 valence electrons. The maximum Gasteiger partial charge on any atom is 0.142 e. The van der Waals surface area contributed by atoms with E-state index in [0.29, 0.717) is 10.8 Å². The second-order valence-corrected chi connectivity index (χ2v) is 3.47. The highest BCUT2D eigenvalue weighted by atomic mass is 35.5. The zero-order valence-corrected chi connectivity index (χ0v) is 7.66. The summed E-state index contributed by atoms with van der Waals surface area (Å²) >= 11 is 5.89. The van der Waals surface area contributed by atoms with Gasteiger partial charge in [0.1, 0.15) is 18.5 Å². The van der Waals surface area contributed by atoms with Crippen LogP contribution in [-0.4, -0.2) is 17.8 Å². The first-order chi connectivity index (χ1) is 6.20. The molecule has 0 radical (unpaired) electrons. The number of halogens is 1. The van der Waals surface area contributed by atoms with Crippen molar-refractivity contribution in [2.24, 2.45) is 5.73 Å². The SMILES string of the molecule is NC1c2cccc(Cl)c2OCC1O. The minimum Gasteiger partial charge on any atom is -0.489 e. The van der Waals surface area contributed by atoms with E-state index >= 15 is 0 Å². The lowest BCUT2D eigenvalue weighted by molar-refractivity contribution is 0.0679. The molecule has 13 heavy (non-hydrogen) atoms. The molecule has 2 unspecified atom stereocenters. The largest absolute Gasteiger partial charge is 0.489 e. The summed E-state index contributed by atoms with van der Waals surface area (Å²) in [5, 5.41) is 9.96. The van der Waals surface area contributed by atoms with E-state index in [9.17, 15) is 5.11 Å². The zero-order chi connectivity index (χ0) is 9.42. The van der Waals surface area contributed by atoms with Gasteiger partial charge in [0.15, 0.2) is 0 Å². The molecule has 1 aromatic carbocycles. The van der Waals surface area contributed by atoms with Crippen LogP contribution in [0.2, 0.25) is 5.02 Å². The number of hydrogen-bond donors (Lipinski definition) is 2. The average Bonchev–Trinajstić information content (AvgIpc) is 2.12. The van der Waals surface area contributed by atoms with Crippen molar-refractivity contribution in [3.63, 3.8) is 0 Å². The quantitative estimate of drug-likeness (QED) is 0.658. The van der Waals surface area contributed by atoms with Gasteiger partial charge in [0.05, 0.1) is 11.1 Å². The number of aliphatic hydroxyl groups is 1. The number of fused-ring (bicyclic) bond motifs is 1. The van der Waals surface area contributed by atoms with Crippen molar-refractivity contribution >= 4 is 11.6 Å². The molecule has 2 atom stereocenters.